The molecular formula is C10H16N2O3. The minimum absolute atomic E-state index is 0.226. The predicted octanol–water partition coefficient (Wildman–Crippen LogP) is 0.212. The molecule has 5 nitrogen and oxygen atoms in total. The molecular weight excluding hydrogens is 196 g/mol. The Morgan fingerprint density at radius 2 is 2.47 bits per heavy atom. The van der Waals surface area contributed by atoms with Gasteiger partial charge in [0.15, 0.2) is 0 Å². The van der Waals surface area contributed by atoms with E-state index in [2.05, 4.69) is 4.74 Å². The molecule has 5 heteroatoms. The van der Waals surface area contributed by atoms with Gasteiger partial charge in [-0.05, 0) is 19.2 Å². The molecule has 1 rings (SSSR count). The quantitative estimate of drug-likeness (QED) is 0.707. The van der Waals surface area contributed by atoms with Crippen molar-refractivity contribution in [2.45, 2.75) is 12.6 Å². The van der Waals surface area contributed by atoms with Gasteiger partial charge in [-0.2, -0.15) is 0 Å². The maximum Gasteiger partial charge on any atom is 0.324 e. The Morgan fingerprint density at radius 1 is 1.73 bits per heavy atom. The van der Waals surface area contributed by atoms with Crippen LogP contribution in [0.4, 0.5) is 0 Å². The van der Waals surface area contributed by atoms with Gasteiger partial charge in [0.2, 0.25) is 0 Å². The topological polar surface area (TPSA) is 68.7 Å². The second-order valence-electron chi connectivity index (χ2n) is 3.27. The summed E-state index contributed by atoms with van der Waals surface area (Å²) in [6, 6.07) is 3.22. The zero-order valence-electron chi connectivity index (χ0n) is 8.97. The van der Waals surface area contributed by atoms with Crippen LogP contribution in [0.5, 0.6) is 0 Å². The molecule has 1 aromatic rings. The predicted molar refractivity (Wildman–Crippen MR) is 55.0 cm³/mol. The molecule has 15 heavy (non-hydrogen) atoms. The number of furan rings is 1. The minimum atomic E-state index is -0.430. The summed E-state index contributed by atoms with van der Waals surface area (Å²) in [4.78, 5) is 13.1. The molecule has 0 aliphatic heterocycles. The standard InChI is InChI=1S/C10H16N2O3/c1-12(7-8-4-3-5-15-8)9(6-11)10(13)14-2/h3-5,9H,6-7,11H2,1-2H3. The fourth-order valence-corrected chi connectivity index (χ4v) is 1.35. The molecule has 1 atom stereocenters. The van der Waals surface area contributed by atoms with E-state index in [1.165, 1.54) is 7.11 Å². The van der Waals surface area contributed by atoms with Crippen molar-refractivity contribution in [3.05, 3.63) is 24.2 Å². The first-order valence-electron chi connectivity index (χ1n) is 4.69. The Labute approximate surface area is 88.8 Å². The van der Waals surface area contributed by atoms with Crippen molar-refractivity contribution in [2.24, 2.45) is 5.73 Å². The summed E-state index contributed by atoms with van der Waals surface area (Å²) in [6.45, 7) is 0.758. The van der Waals surface area contributed by atoms with Gasteiger partial charge in [-0.1, -0.05) is 0 Å². The first-order chi connectivity index (χ1) is 7.19. The zero-order chi connectivity index (χ0) is 11.3. The van der Waals surface area contributed by atoms with E-state index in [0.29, 0.717) is 6.54 Å². The average molecular weight is 212 g/mol. The number of likely N-dealkylation sites (N-methyl/N-ethyl adjacent to an activating group) is 1. The van der Waals surface area contributed by atoms with Crippen molar-refractivity contribution in [1.82, 2.24) is 4.90 Å². The molecule has 0 aliphatic carbocycles. The van der Waals surface area contributed by atoms with E-state index in [4.69, 9.17) is 10.2 Å². The molecule has 0 aliphatic rings. The Bertz CT molecular complexity index is 298. The lowest BCUT2D eigenvalue weighted by atomic mass is 10.2. The van der Waals surface area contributed by atoms with Crippen molar-refractivity contribution in [2.75, 3.05) is 20.7 Å². The molecule has 0 spiro atoms. The zero-order valence-corrected chi connectivity index (χ0v) is 8.97. The Hall–Kier alpha value is -1.33. The lowest BCUT2D eigenvalue weighted by Crippen LogP contribution is -2.44. The lowest BCUT2D eigenvalue weighted by Gasteiger charge is -2.23. The fraction of sp³-hybridized carbons (Fsp3) is 0.500. The van der Waals surface area contributed by atoms with E-state index < -0.39 is 6.04 Å². The summed E-state index contributed by atoms with van der Waals surface area (Å²) >= 11 is 0. The third-order valence-electron chi connectivity index (χ3n) is 2.21. The number of carbonyl (C=O) groups excluding carboxylic acids is 1. The molecule has 0 radical (unpaired) electrons. The molecule has 1 aromatic heterocycles. The van der Waals surface area contributed by atoms with Crippen LogP contribution in [0.2, 0.25) is 0 Å². The van der Waals surface area contributed by atoms with Gasteiger partial charge in [0.1, 0.15) is 11.8 Å². The van der Waals surface area contributed by atoms with Crippen LogP contribution >= 0.6 is 0 Å². The number of nitrogens with zero attached hydrogens (tertiary/aromatic N) is 1. The van der Waals surface area contributed by atoms with Crippen molar-refractivity contribution in [3.8, 4) is 0 Å². The average Bonchev–Trinajstić information content (AvgIpc) is 2.71. The molecule has 2 N–H and O–H groups in total. The molecule has 0 amide bonds. The number of hydrogen-bond donors (Lipinski definition) is 1. The minimum Gasteiger partial charge on any atom is -0.468 e. The van der Waals surface area contributed by atoms with Crippen LogP contribution in [0.15, 0.2) is 22.8 Å². The monoisotopic (exact) mass is 212 g/mol. The van der Waals surface area contributed by atoms with Gasteiger partial charge in [-0.15, -0.1) is 0 Å². The smallest absolute Gasteiger partial charge is 0.324 e. The summed E-state index contributed by atoms with van der Waals surface area (Å²) in [5, 5.41) is 0. The first-order valence-corrected chi connectivity index (χ1v) is 4.69. The molecule has 84 valence electrons. The number of hydrogen-bond acceptors (Lipinski definition) is 5. The van der Waals surface area contributed by atoms with Crippen molar-refractivity contribution in [1.29, 1.82) is 0 Å². The Morgan fingerprint density at radius 3 is 2.93 bits per heavy atom. The van der Waals surface area contributed by atoms with Crippen molar-refractivity contribution < 1.29 is 13.9 Å². The van der Waals surface area contributed by atoms with Gasteiger partial charge in [-0.25, -0.2) is 0 Å². The maximum absolute atomic E-state index is 11.3. The number of methoxy groups -OCH3 is 1. The van der Waals surface area contributed by atoms with Gasteiger partial charge in [-0.3, -0.25) is 9.69 Å². The van der Waals surface area contributed by atoms with Gasteiger partial charge in [0.05, 0.1) is 19.9 Å². The number of esters is 1. The summed E-state index contributed by atoms with van der Waals surface area (Å²) in [5.41, 5.74) is 5.51. The van der Waals surface area contributed by atoms with Crippen molar-refractivity contribution in [3.63, 3.8) is 0 Å². The van der Waals surface area contributed by atoms with E-state index in [0.717, 1.165) is 5.76 Å². The lowest BCUT2D eigenvalue weighted by molar-refractivity contribution is -0.146. The van der Waals surface area contributed by atoms with Gasteiger partial charge in [0.25, 0.3) is 0 Å². The molecule has 0 bridgehead atoms. The van der Waals surface area contributed by atoms with Crippen LogP contribution in [0, 0.1) is 0 Å². The normalized spacial score (nSPS) is 12.8. The first kappa shape index (κ1) is 11.7. The highest BCUT2D eigenvalue weighted by molar-refractivity contribution is 5.75. The second kappa shape index (κ2) is 5.53. The molecule has 1 heterocycles. The highest BCUT2D eigenvalue weighted by Crippen LogP contribution is 2.07. The molecule has 0 aromatic carbocycles. The van der Waals surface area contributed by atoms with E-state index in [1.54, 1.807) is 24.3 Å². The third-order valence-corrected chi connectivity index (χ3v) is 2.21. The van der Waals surface area contributed by atoms with Crippen LogP contribution < -0.4 is 5.73 Å². The maximum atomic E-state index is 11.3. The van der Waals surface area contributed by atoms with E-state index in [9.17, 15) is 4.79 Å². The summed E-state index contributed by atoms with van der Waals surface area (Å²) in [5.74, 6) is 0.464. The number of rotatable bonds is 5. The van der Waals surface area contributed by atoms with Crippen LogP contribution in [0.3, 0.4) is 0 Å². The van der Waals surface area contributed by atoms with Crippen LogP contribution in [-0.2, 0) is 16.1 Å². The largest absolute Gasteiger partial charge is 0.468 e. The van der Waals surface area contributed by atoms with Gasteiger partial charge < -0.3 is 14.9 Å². The number of ether oxygens (including phenoxy) is 1. The van der Waals surface area contributed by atoms with Crippen molar-refractivity contribution >= 4 is 5.97 Å². The molecule has 1 unspecified atom stereocenters. The number of carbonyl (C=O) groups is 1. The summed E-state index contributed by atoms with van der Waals surface area (Å²) < 4.78 is 9.83. The summed E-state index contributed by atoms with van der Waals surface area (Å²) in [6.07, 6.45) is 1.60. The highest BCUT2D eigenvalue weighted by atomic mass is 16.5. The number of nitrogens with two attached hydrogens (primary N) is 1. The molecule has 0 saturated carbocycles. The highest BCUT2D eigenvalue weighted by Gasteiger charge is 2.22. The molecule has 0 fully saturated rings. The second-order valence-corrected chi connectivity index (χ2v) is 3.27. The SMILES string of the molecule is COC(=O)C(CN)N(C)Cc1ccco1. The van der Waals surface area contributed by atoms with Gasteiger partial charge >= 0.3 is 5.97 Å². The van der Waals surface area contributed by atoms with Crippen LogP contribution in [-0.4, -0.2) is 37.6 Å². The van der Waals surface area contributed by atoms with Crippen LogP contribution in [0.25, 0.3) is 0 Å². The van der Waals surface area contributed by atoms with E-state index in [1.807, 2.05) is 6.07 Å². The van der Waals surface area contributed by atoms with E-state index >= 15 is 0 Å². The van der Waals surface area contributed by atoms with Crippen LogP contribution in [0.1, 0.15) is 5.76 Å². The summed E-state index contributed by atoms with van der Waals surface area (Å²) in [7, 11) is 3.16. The fourth-order valence-electron chi connectivity index (χ4n) is 1.35. The van der Waals surface area contributed by atoms with E-state index in [-0.39, 0.29) is 12.5 Å². The Kier molecular flexibility index (Phi) is 4.33. The third kappa shape index (κ3) is 3.07. The van der Waals surface area contributed by atoms with Gasteiger partial charge in [0, 0.05) is 6.54 Å². The Balaban J connectivity index is 2.57. The molecule has 0 saturated heterocycles.